The van der Waals surface area contributed by atoms with Crippen molar-refractivity contribution in [3.63, 3.8) is 0 Å². The van der Waals surface area contributed by atoms with Crippen molar-refractivity contribution in [2.75, 3.05) is 19.9 Å². The third-order valence-electron chi connectivity index (χ3n) is 4.68. The highest BCUT2D eigenvalue weighted by molar-refractivity contribution is 5.75. The number of amides is 1. The molecule has 0 radical (unpaired) electrons. The van der Waals surface area contributed by atoms with Crippen LogP contribution in [0.25, 0.3) is 0 Å². The zero-order valence-corrected chi connectivity index (χ0v) is 14.0. The summed E-state index contributed by atoms with van der Waals surface area (Å²) in [7, 11) is 0. The van der Waals surface area contributed by atoms with Gasteiger partial charge in [-0.15, -0.1) is 0 Å². The molecule has 7 heteroatoms. The normalized spacial score (nSPS) is 19.0. The van der Waals surface area contributed by atoms with Gasteiger partial charge in [-0.05, 0) is 43.1 Å². The second kappa shape index (κ2) is 7.14. The fourth-order valence-corrected chi connectivity index (χ4v) is 3.37. The van der Waals surface area contributed by atoms with Gasteiger partial charge in [-0.1, -0.05) is 6.07 Å². The lowest BCUT2D eigenvalue weighted by atomic mass is 9.96. The zero-order valence-electron chi connectivity index (χ0n) is 14.0. The zero-order chi connectivity index (χ0) is 17.1. The molecule has 2 N–H and O–H groups in total. The van der Waals surface area contributed by atoms with Crippen molar-refractivity contribution < 1.29 is 14.3 Å². The lowest BCUT2D eigenvalue weighted by Gasteiger charge is -2.23. The minimum absolute atomic E-state index is 0.0496. The van der Waals surface area contributed by atoms with Crippen molar-refractivity contribution in [2.45, 2.75) is 31.8 Å². The van der Waals surface area contributed by atoms with E-state index in [0.717, 1.165) is 48.7 Å². The van der Waals surface area contributed by atoms with Crippen LogP contribution in [-0.4, -0.2) is 35.6 Å². The summed E-state index contributed by atoms with van der Waals surface area (Å²) in [5.74, 6) is 1.85. The van der Waals surface area contributed by atoms with Crippen molar-refractivity contribution >= 4 is 5.91 Å². The number of rotatable bonds is 5. The molecule has 132 valence electrons. The highest BCUT2D eigenvalue weighted by Gasteiger charge is 2.20. The molecular weight excluding hydrogens is 320 g/mol. The predicted molar refractivity (Wildman–Crippen MR) is 91.5 cm³/mol. The SMILES string of the molecule is O=C(Cn1nccc1[C@@H]1CCCNC1)NCc1ccc2c(c1)OCO2. The highest BCUT2D eigenvalue weighted by Crippen LogP contribution is 2.32. The predicted octanol–water partition coefficient (Wildman–Crippen LogP) is 1.40. The maximum absolute atomic E-state index is 12.3. The van der Waals surface area contributed by atoms with E-state index in [2.05, 4.69) is 15.7 Å². The summed E-state index contributed by atoms with van der Waals surface area (Å²) < 4.78 is 12.5. The number of benzene rings is 1. The Labute approximate surface area is 146 Å². The smallest absolute Gasteiger partial charge is 0.242 e. The van der Waals surface area contributed by atoms with E-state index in [-0.39, 0.29) is 19.2 Å². The van der Waals surface area contributed by atoms with E-state index in [1.165, 1.54) is 0 Å². The molecular formula is C18H22N4O3. The molecule has 7 nitrogen and oxygen atoms in total. The number of carbonyl (C=O) groups excluding carboxylic acids is 1. The summed E-state index contributed by atoms with van der Waals surface area (Å²) in [6, 6.07) is 7.71. The second-order valence-corrected chi connectivity index (χ2v) is 6.42. The lowest BCUT2D eigenvalue weighted by molar-refractivity contribution is -0.122. The average Bonchev–Trinajstić information content (AvgIpc) is 3.29. The third kappa shape index (κ3) is 3.61. The minimum Gasteiger partial charge on any atom is -0.454 e. The second-order valence-electron chi connectivity index (χ2n) is 6.42. The summed E-state index contributed by atoms with van der Waals surface area (Å²) in [5, 5.41) is 10.7. The fourth-order valence-electron chi connectivity index (χ4n) is 3.37. The van der Waals surface area contributed by atoms with E-state index in [9.17, 15) is 4.79 Å². The number of hydrogen-bond acceptors (Lipinski definition) is 5. The van der Waals surface area contributed by atoms with Crippen LogP contribution >= 0.6 is 0 Å². The molecule has 1 atom stereocenters. The van der Waals surface area contributed by atoms with Gasteiger partial charge >= 0.3 is 0 Å². The molecule has 1 aromatic heterocycles. The first-order valence-corrected chi connectivity index (χ1v) is 8.67. The standard InChI is InChI=1S/C18H22N4O3/c23-18(20-9-13-3-4-16-17(8-13)25-12-24-16)11-22-15(5-7-21-22)14-2-1-6-19-10-14/h3-5,7-8,14,19H,1-2,6,9-12H2,(H,20,23)/t14-/m1/s1. The first-order chi connectivity index (χ1) is 12.3. The molecule has 0 spiro atoms. The van der Waals surface area contributed by atoms with E-state index < -0.39 is 0 Å². The highest BCUT2D eigenvalue weighted by atomic mass is 16.7. The third-order valence-corrected chi connectivity index (χ3v) is 4.68. The number of carbonyl (C=O) groups is 1. The van der Waals surface area contributed by atoms with Crippen LogP contribution < -0.4 is 20.1 Å². The molecule has 0 unspecified atom stereocenters. The van der Waals surface area contributed by atoms with Gasteiger partial charge < -0.3 is 20.1 Å². The molecule has 0 bridgehead atoms. The van der Waals surface area contributed by atoms with Gasteiger partial charge in [0.1, 0.15) is 6.54 Å². The van der Waals surface area contributed by atoms with Crippen molar-refractivity contribution in [3.8, 4) is 11.5 Å². The van der Waals surface area contributed by atoms with Crippen molar-refractivity contribution in [1.29, 1.82) is 0 Å². The summed E-state index contributed by atoms with van der Waals surface area (Å²) >= 11 is 0. The van der Waals surface area contributed by atoms with Gasteiger partial charge in [0.15, 0.2) is 11.5 Å². The van der Waals surface area contributed by atoms with Crippen LogP contribution in [0.4, 0.5) is 0 Å². The molecule has 0 saturated carbocycles. The molecule has 1 aromatic carbocycles. The van der Waals surface area contributed by atoms with Gasteiger partial charge in [0.05, 0.1) is 0 Å². The molecule has 3 heterocycles. The number of fused-ring (bicyclic) bond motifs is 1. The number of hydrogen-bond donors (Lipinski definition) is 2. The van der Waals surface area contributed by atoms with E-state index in [0.29, 0.717) is 12.5 Å². The molecule has 4 rings (SSSR count). The van der Waals surface area contributed by atoms with Gasteiger partial charge in [-0.3, -0.25) is 9.48 Å². The molecule has 2 aliphatic rings. The molecule has 1 fully saturated rings. The Morgan fingerprint density at radius 2 is 2.24 bits per heavy atom. The van der Waals surface area contributed by atoms with Crippen LogP contribution in [0.15, 0.2) is 30.5 Å². The largest absolute Gasteiger partial charge is 0.454 e. The maximum Gasteiger partial charge on any atom is 0.242 e. The monoisotopic (exact) mass is 342 g/mol. The van der Waals surface area contributed by atoms with E-state index >= 15 is 0 Å². The number of nitrogens with zero attached hydrogens (tertiary/aromatic N) is 2. The summed E-state index contributed by atoms with van der Waals surface area (Å²) in [6.45, 7) is 2.97. The quantitative estimate of drug-likeness (QED) is 0.859. The Morgan fingerprint density at radius 3 is 3.12 bits per heavy atom. The number of ether oxygens (including phenoxy) is 2. The first kappa shape index (κ1) is 16.0. The molecule has 0 aliphatic carbocycles. The molecule has 1 saturated heterocycles. The van der Waals surface area contributed by atoms with E-state index in [1.54, 1.807) is 6.20 Å². The first-order valence-electron chi connectivity index (χ1n) is 8.67. The molecule has 2 aliphatic heterocycles. The Bertz CT molecular complexity index is 753. The van der Waals surface area contributed by atoms with Crippen molar-refractivity contribution in [2.24, 2.45) is 0 Å². The van der Waals surface area contributed by atoms with E-state index in [4.69, 9.17) is 9.47 Å². The summed E-state index contributed by atoms with van der Waals surface area (Å²) in [4.78, 5) is 12.3. The topological polar surface area (TPSA) is 77.4 Å². The summed E-state index contributed by atoms with van der Waals surface area (Å²) in [6.07, 6.45) is 4.07. The van der Waals surface area contributed by atoms with Crippen LogP contribution in [-0.2, 0) is 17.9 Å². The lowest BCUT2D eigenvalue weighted by Crippen LogP contribution is -2.32. The van der Waals surface area contributed by atoms with Crippen molar-refractivity contribution in [3.05, 3.63) is 41.7 Å². The fraction of sp³-hybridized carbons (Fsp3) is 0.444. The molecule has 1 amide bonds. The van der Waals surface area contributed by atoms with Gasteiger partial charge in [0, 0.05) is 30.9 Å². The Morgan fingerprint density at radius 1 is 1.32 bits per heavy atom. The Kier molecular flexibility index (Phi) is 4.56. The Balaban J connectivity index is 1.34. The van der Waals surface area contributed by atoms with E-state index in [1.807, 2.05) is 28.9 Å². The van der Waals surface area contributed by atoms with Gasteiger partial charge in [-0.25, -0.2) is 0 Å². The maximum atomic E-state index is 12.3. The minimum atomic E-state index is -0.0496. The average molecular weight is 342 g/mol. The Hall–Kier alpha value is -2.54. The molecule has 25 heavy (non-hydrogen) atoms. The van der Waals surface area contributed by atoms with Crippen LogP contribution in [0.5, 0.6) is 11.5 Å². The van der Waals surface area contributed by atoms with Gasteiger partial charge in [0.25, 0.3) is 0 Å². The van der Waals surface area contributed by atoms with Crippen molar-refractivity contribution in [1.82, 2.24) is 20.4 Å². The van der Waals surface area contributed by atoms with Gasteiger partial charge in [-0.2, -0.15) is 5.10 Å². The van der Waals surface area contributed by atoms with Crippen LogP contribution in [0.1, 0.15) is 30.0 Å². The number of nitrogens with one attached hydrogen (secondary N) is 2. The van der Waals surface area contributed by atoms with Crippen LogP contribution in [0.3, 0.4) is 0 Å². The van der Waals surface area contributed by atoms with Crippen LogP contribution in [0, 0.1) is 0 Å². The number of aromatic nitrogens is 2. The van der Waals surface area contributed by atoms with Crippen LogP contribution in [0.2, 0.25) is 0 Å². The summed E-state index contributed by atoms with van der Waals surface area (Å²) in [5.41, 5.74) is 2.11. The van der Waals surface area contributed by atoms with Gasteiger partial charge in [0.2, 0.25) is 12.7 Å². The molecule has 2 aromatic rings. The number of piperidine rings is 1.